The molecule has 0 saturated carbocycles. The van der Waals surface area contributed by atoms with Crippen LogP contribution in [0.3, 0.4) is 0 Å². The van der Waals surface area contributed by atoms with Gasteiger partial charge in [-0.25, -0.2) is 4.98 Å². The standard InChI is InChI=1S/C23H16ClN3O3S/c1-14-21(26-23(31-14)16-5-3-2-4-6-16)15-7-9-17(10-8-15)25-22(28)19-13-18(27(29)30)11-12-20(19)24/h2-13H,1H3,(H,25,28). The van der Waals surface area contributed by atoms with Crippen molar-refractivity contribution in [3.05, 3.63) is 98.4 Å². The first-order valence-electron chi connectivity index (χ1n) is 9.31. The topological polar surface area (TPSA) is 85.1 Å². The Labute approximate surface area is 187 Å². The maximum Gasteiger partial charge on any atom is 0.270 e. The molecule has 0 atom stereocenters. The van der Waals surface area contributed by atoms with E-state index in [-0.39, 0.29) is 16.3 Å². The Morgan fingerprint density at radius 2 is 1.74 bits per heavy atom. The summed E-state index contributed by atoms with van der Waals surface area (Å²) >= 11 is 7.68. The Balaban J connectivity index is 1.54. The summed E-state index contributed by atoms with van der Waals surface area (Å²) in [6.45, 7) is 2.03. The number of benzene rings is 3. The second kappa shape index (κ2) is 8.67. The van der Waals surface area contributed by atoms with Crippen LogP contribution in [0.4, 0.5) is 11.4 Å². The minimum atomic E-state index is -0.568. The fourth-order valence-corrected chi connectivity index (χ4v) is 4.22. The van der Waals surface area contributed by atoms with Crippen molar-refractivity contribution >= 4 is 40.2 Å². The fraction of sp³-hybridized carbons (Fsp3) is 0.0435. The van der Waals surface area contributed by atoms with Crippen molar-refractivity contribution < 1.29 is 9.72 Å². The lowest BCUT2D eigenvalue weighted by molar-refractivity contribution is -0.384. The number of amides is 1. The number of anilines is 1. The molecule has 0 aliphatic carbocycles. The SMILES string of the molecule is Cc1sc(-c2ccccc2)nc1-c1ccc(NC(=O)c2cc([N+](=O)[O-])ccc2Cl)cc1. The zero-order valence-electron chi connectivity index (χ0n) is 16.3. The first kappa shape index (κ1) is 20.7. The molecule has 0 fully saturated rings. The quantitative estimate of drug-likeness (QED) is 0.274. The number of thiazole rings is 1. The van der Waals surface area contributed by atoms with Crippen LogP contribution in [0.15, 0.2) is 72.8 Å². The predicted octanol–water partition coefficient (Wildman–Crippen LogP) is 6.60. The summed E-state index contributed by atoms with van der Waals surface area (Å²) in [6.07, 6.45) is 0. The molecule has 0 radical (unpaired) electrons. The Bertz CT molecular complexity index is 1270. The number of nitro benzene ring substituents is 1. The summed E-state index contributed by atoms with van der Waals surface area (Å²) in [5.74, 6) is -0.516. The van der Waals surface area contributed by atoms with Gasteiger partial charge in [-0.3, -0.25) is 14.9 Å². The lowest BCUT2D eigenvalue weighted by atomic mass is 10.1. The van der Waals surface area contributed by atoms with Crippen molar-refractivity contribution in [2.75, 3.05) is 5.32 Å². The lowest BCUT2D eigenvalue weighted by Crippen LogP contribution is -2.12. The van der Waals surface area contributed by atoms with Crippen LogP contribution in [0.5, 0.6) is 0 Å². The maximum atomic E-state index is 12.6. The van der Waals surface area contributed by atoms with E-state index >= 15 is 0 Å². The van der Waals surface area contributed by atoms with Crippen molar-refractivity contribution in [1.82, 2.24) is 4.98 Å². The molecule has 4 aromatic rings. The van der Waals surface area contributed by atoms with Gasteiger partial charge in [0, 0.05) is 33.8 Å². The largest absolute Gasteiger partial charge is 0.322 e. The van der Waals surface area contributed by atoms with Gasteiger partial charge in [-0.2, -0.15) is 0 Å². The molecule has 1 aromatic heterocycles. The third-order valence-electron chi connectivity index (χ3n) is 4.64. The number of nitrogens with zero attached hydrogens (tertiary/aromatic N) is 2. The van der Waals surface area contributed by atoms with Gasteiger partial charge in [0.05, 0.1) is 21.2 Å². The number of nitrogens with one attached hydrogen (secondary N) is 1. The summed E-state index contributed by atoms with van der Waals surface area (Å²) in [7, 11) is 0. The number of halogens is 1. The van der Waals surface area contributed by atoms with E-state index in [0.717, 1.165) is 32.8 Å². The van der Waals surface area contributed by atoms with E-state index in [4.69, 9.17) is 16.6 Å². The number of nitro groups is 1. The number of rotatable bonds is 5. The highest BCUT2D eigenvalue weighted by molar-refractivity contribution is 7.15. The van der Waals surface area contributed by atoms with Crippen LogP contribution in [0.1, 0.15) is 15.2 Å². The zero-order chi connectivity index (χ0) is 22.0. The van der Waals surface area contributed by atoms with Gasteiger partial charge in [0.25, 0.3) is 11.6 Å². The van der Waals surface area contributed by atoms with Crippen LogP contribution >= 0.6 is 22.9 Å². The summed E-state index contributed by atoms with van der Waals surface area (Å²) in [5.41, 5.74) is 3.29. The van der Waals surface area contributed by atoms with Gasteiger partial charge in [0.15, 0.2) is 0 Å². The monoisotopic (exact) mass is 449 g/mol. The summed E-state index contributed by atoms with van der Waals surface area (Å²) in [6, 6.07) is 21.0. The predicted molar refractivity (Wildman–Crippen MR) is 124 cm³/mol. The first-order chi connectivity index (χ1) is 14.9. The molecule has 1 N–H and O–H groups in total. The Morgan fingerprint density at radius 1 is 1.03 bits per heavy atom. The van der Waals surface area contributed by atoms with Crippen LogP contribution in [0, 0.1) is 17.0 Å². The molecule has 1 heterocycles. The normalized spacial score (nSPS) is 10.6. The van der Waals surface area contributed by atoms with Crippen LogP contribution in [0.25, 0.3) is 21.8 Å². The van der Waals surface area contributed by atoms with Gasteiger partial charge < -0.3 is 5.32 Å². The fourth-order valence-electron chi connectivity index (χ4n) is 3.08. The lowest BCUT2D eigenvalue weighted by Gasteiger charge is -2.08. The van der Waals surface area contributed by atoms with Crippen molar-refractivity contribution in [1.29, 1.82) is 0 Å². The van der Waals surface area contributed by atoms with Gasteiger partial charge in [-0.15, -0.1) is 11.3 Å². The number of hydrogen-bond donors (Lipinski definition) is 1. The molecule has 3 aromatic carbocycles. The van der Waals surface area contributed by atoms with Gasteiger partial charge in [-0.05, 0) is 25.1 Å². The van der Waals surface area contributed by atoms with Crippen molar-refractivity contribution in [2.24, 2.45) is 0 Å². The summed E-state index contributed by atoms with van der Waals surface area (Å²) in [5, 5.41) is 14.8. The maximum absolute atomic E-state index is 12.6. The summed E-state index contributed by atoms with van der Waals surface area (Å²) in [4.78, 5) is 28.8. The molecule has 0 saturated heterocycles. The highest BCUT2D eigenvalue weighted by Crippen LogP contribution is 2.33. The number of aryl methyl sites for hydroxylation is 1. The van der Waals surface area contributed by atoms with Crippen molar-refractivity contribution in [3.8, 4) is 21.8 Å². The van der Waals surface area contributed by atoms with Crippen LogP contribution < -0.4 is 5.32 Å². The van der Waals surface area contributed by atoms with Gasteiger partial charge in [0.1, 0.15) is 5.01 Å². The average Bonchev–Trinajstić information content (AvgIpc) is 3.16. The molecule has 0 aliphatic rings. The van der Waals surface area contributed by atoms with Crippen LogP contribution in [-0.4, -0.2) is 15.8 Å². The molecule has 0 unspecified atom stereocenters. The molecular weight excluding hydrogens is 434 g/mol. The van der Waals surface area contributed by atoms with Crippen LogP contribution in [-0.2, 0) is 0 Å². The van der Waals surface area contributed by atoms with E-state index in [2.05, 4.69) is 5.32 Å². The van der Waals surface area contributed by atoms with Crippen LogP contribution in [0.2, 0.25) is 5.02 Å². The Hall–Kier alpha value is -3.55. The number of hydrogen-bond acceptors (Lipinski definition) is 5. The molecule has 8 heteroatoms. The molecule has 154 valence electrons. The smallest absolute Gasteiger partial charge is 0.270 e. The van der Waals surface area contributed by atoms with E-state index in [9.17, 15) is 14.9 Å². The number of non-ortho nitro benzene ring substituents is 1. The second-order valence-corrected chi connectivity index (χ2v) is 8.35. The number of carbonyl (C=O) groups excluding carboxylic acids is 1. The van der Waals surface area contributed by atoms with Crippen molar-refractivity contribution in [3.63, 3.8) is 0 Å². The first-order valence-corrected chi connectivity index (χ1v) is 10.5. The Kier molecular flexibility index (Phi) is 5.79. The van der Waals surface area contributed by atoms with Gasteiger partial charge in [0.2, 0.25) is 0 Å². The molecule has 0 spiro atoms. The molecule has 6 nitrogen and oxygen atoms in total. The van der Waals surface area contributed by atoms with Gasteiger partial charge in [-0.1, -0.05) is 54.1 Å². The van der Waals surface area contributed by atoms with Crippen molar-refractivity contribution in [2.45, 2.75) is 6.92 Å². The molecule has 1 amide bonds. The van der Waals surface area contributed by atoms with E-state index in [1.807, 2.05) is 49.4 Å². The minimum Gasteiger partial charge on any atom is -0.322 e. The molecular formula is C23H16ClN3O3S. The third kappa shape index (κ3) is 4.47. The number of carbonyl (C=O) groups is 1. The number of aromatic nitrogens is 1. The Morgan fingerprint density at radius 3 is 2.42 bits per heavy atom. The molecule has 0 aliphatic heterocycles. The second-order valence-electron chi connectivity index (χ2n) is 6.74. The van der Waals surface area contributed by atoms with Gasteiger partial charge >= 0.3 is 0 Å². The van der Waals surface area contributed by atoms with E-state index in [1.165, 1.54) is 12.1 Å². The summed E-state index contributed by atoms with van der Waals surface area (Å²) < 4.78 is 0. The highest BCUT2D eigenvalue weighted by Gasteiger charge is 2.16. The highest BCUT2D eigenvalue weighted by atomic mass is 35.5. The zero-order valence-corrected chi connectivity index (χ0v) is 17.9. The third-order valence-corrected chi connectivity index (χ3v) is 5.99. The van der Waals surface area contributed by atoms with E-state index in [0.29, 0.717) is 5.69 Å². The minimum absolute atomic E-state index is 0.0443. The molecule has 31 heavy (non-hydrogen) atoms. The average molecular weight is 450 g/mol. The van der Waals surface area contributed by atoms with E-state index < -0.39 is 10.8 Å². The molecule has 0 bridgehead atoms. The molecule has 4 rings (SSSR count). The van der Waals surface area contributed by atoms with E-state index in [1.54, 1.807) is 23.5 Å².